The number of benzene rings is 1. The van der Waals surface area contributed by atoms with Gasteiger partial charge in [0.1, 0.15) is 0 Å². The van der Waals surface area contributed by atoms with Gasteiger partial charge in [-0.15, -0.1) is 0 Å². The number of hydrogen-bond donors (Lipinski definition) is 2. The van der Waals surface area contributed by atoms with E-state index in [0.717, 1.165) is 0 Å². The minimum atomic E-state index is -0.202. The van der Waals surface area contributed by atoms with Gasteiger partial charge >= 0.3 is 0 Å². The molecule has 0 radical (unpaired) electrons. The number of carbonyl (C=O) groups excluding carboxylic acids is 2. The number of aryl methyl sites for hydroxylation is 1. The van der Waals surface area contributed by atoms with Crippen LogP contribution in [0.25, 0.3) is 0 Å². The molecule has 0 saturated heterocycles. The maximum atomic E-state index is 11.7. The molecule has 20 heavy (non-hydrogen) atoms. The third kappa shape index (κ3) is 3.68. The van der Waals surface area contributed by atoms with Crippen molar-refractivity contribution < 1.29 is 9.59 Å². The van der Waals surface area contributed by atoms with E-state index in [4.69, 9.17) is 0 Å². The third-order valence-electron chi connectivity index (χ3n) is 2.70. The molecule has 2 rings (SSSR count). The van der Waals surface area contributed by atoms with E-state index in [1.807, 2.05) is 6.07 Å². The van der Waals surface area contributed by atoms with Crippen LogP contribution in [-0.4, -0.2) is 34.7 Å². The Labute approximate surface area is 116 Å². The van der Waals surface area contributed by atoms with Crippen LogP contribution in [0.3, 0.4) is 0 Å². The Balaban J connectivity index is 1.72. The molecule has 2 aromatic rings. The van der Waals surface area contributed by atoms with Crippen LogP contribution in [-0.2, 0) is 7.05 Å². The van der Waals surface area contributed by atoms with Crippen LogP contribution in [0.4, 0.5) is 0 Å². The molecule has 0 aliphatic carbocycles. The molecule has 6 heteroatoms. The maximum Gasteiger partial charge on any atom is 0.254 e. The van der Waals surface area contributed by atoms with E-state index in [1.54, 1.807) is 42.2 Å². The van der Waals surface area contributed by atoms with Gasteiger partial charge in [-0.2, -0.15) is 5.10 Å². The van der Waals surface area contributed by atoms with Crippen LogP contribution in [0.1, 0.15) is 20.7 Å². The van der Waals surface area contributed by atoms with Crippen molar-refractivity contribution in [1.29, 1.82) is 0 Å². The highest BCUT2D eigenvalue weighted by Crippen LogP contribution is 1.97. The van der Waals surface area contributed by atoms with Crippen molar-refractivity contribution in [3.8, 4) is 0 Å². The molecule has 2 N–H and O–H groups in total. The van der Waals surface area contributed by atoms with E-state index in [2.05, 4.69) is 15.7 Å². The molecule has 104 valence electrons. The highest BCUT2D eigenvalue weighted by atomic mass is 16.2. The first-order valence-electron chi connectivity index (χ1n) is 6.27. The summed E-state index contributed by atoms with van der Waals surface area (Å²) in [5.74, 6) is -0.353. The molecular formula is C14H16N4O2. The summed E-state index contributed by atoms with van der Waals surface area (Å²) in [5, 5.41) is 9.37. The molecule has 1 aromatic carbocycles. The van der Waals surface area contributed by atoms with Crippen molar-refractivity contribution in [2.24, 2.45) is 7.05 Å². The fourth-order valence-electron chi connectivity index (χ4n) is 1.68. The number of nitrogens with one attached hydrogen (secondary N) is 2. The van der Waals surface area contributed by atoms with Crippen molar-refractivity contribution >= 4 is 11.8 Å². The normalized spacial score (nSPS) is 10.1. The van der Waals surface area contributed by atoms with Crippen LogP contribution < -0.4 is 10.6 Å². The standard InChI is InChI=1S/C14H16N4O2/c1-18-10-12(9-17-18)14(20)16-8-7-15-13(19)11-5-3-2-4-6-11/h2-6,9-10H,7-8H2,1H3,(H,15,19)(H,16,20). The van der Waals surface area contributed by atoms with Crippen LogP contribution in [0.2, 0.25) is 0 Å². The summed E-state index contributed by atoms with van der Waals surface area (Å²) < 4.78 is 1.56. The highest BCUT2D eigenvalue weighted by molar-refractivity contribution is 5.94. The predicted molar refractivity (Wildman–Crippen MR) is 74.3 cm³/mol. The lowest BCUT2D eigenvalue weighted by Crippen LogP contribution is -2.34. The molecule has 0 spiro atoms. The van der Waals surface area contributed by atoms with Gasteiger partial charge in [-0.1, -0.05) is 18.2 Å². The summed E-state index contributed by atoms with van der Waals surface area (Å²) in [6.45, 7) is 0.742. The maximum absolute atomic E-state index is 11.7. The quantitative estimate of drug-likeness (QED) is 0.782. The lowest BCUT2D eigenvalue weighted by atomic mass is 10.2. The molecule has 1 aromatic heterocycles. The second-order valence-corrected chi connectivity index (χ2v) is 4.28. The van der Waals surface area contributed by atoms with Crippen LogP contribution in [0, 0.1) is 0 Å². The van der Waals surface area contributed by atoms with E-state index in [0.29, 0.717) is 24.2 Å². The van der Waals surface area contributed by atoms with Gasteiger partial charge in [0, 0.05) is 31.9 Å². The fraction of sp³-hybridized carbons (Fsp3) is 0.214. The first-order chi connectivity index (χ1) is 9.66. The zero-order valence-corrected chi connectivity index (χ0v) is 11.2. The predicted octanol–water partition coefficient (Wildman–Crippen LogP) is 0.580. The number of amides is 2. The minimum Gasteiger partial charge on any atom is -0.350 e. The Kier molecular flexibility index (Phi) is 4.49. The van der Waals surface area contributed by atoms with Gasteiger partial charge in [-0.25, -0.2) is 0 Å². The van der Waals surface area contributed by atoms with Crippen molar-refractivity contribution in [1.82, 2.24) is 20.4 Å². The summed E-state index contributed by atoms with van der Waals surface area (Å²) in [4.78, 5) is 23.4. The van der Waals surface area contributed by atoms with Crippen molar-refractivity contribution in [2.45, 2.75) is 0 Å². The average molecular weight is 272 g/mol. The Morgan fingerprint density at radius 2 is 1.65 bits per heavy atom. The van der Waals surface area contributed by atoms with E-state index < -0.39 is 0 Å². The average Bonchev–Trinajstić information content (AvgIpc) is 2.91. The molecule has 0 saturated carbocycles. The second-order valence-electron chi connectivity index (χ2n) is 4.28. The summed E-state index contributed by atoms with van der Waals surface area (Å²) >= 11 is 0. The monoisotopic (exact) mass is 272 g/mol. The summed E-state index contributed by atoms with van der Waals surface area (Å²) in [7, 11) is 1.75. The number of nitrogens with zero attached hydrogens (tertiary/aromatic N) is 2. The Hall–Kier alpha value is -2.63. The smallest absolute Gasteiger partial charge is 0.254 e. The van der Waals surface area contributed by atoms with Crippen molar-refractivity contribution in [3.63, 3.8) is 0 Å². The zero-order chi connectivity index (χ0) is 14.4. The number of rotatable bonds is 5. The molecule has 0 unspecified atom stereocenters. The molecular weight excluding hydrogens is 256 g/mol. The fourth-order valence-corrected chi connectivity index (χ4v) is 1.68. The van der Waals surface area contributed by atoms with E-state index in [1.165, 1.54) is 6.20 Å². The van der Waals surface area contributed by atoms with Crippen LogP contribution in [0.15, 0.2) is 42.7 Å². The van der Waals surface area contributed by atoms with Crippen LogP contribution in [0.5, 0.6) is 0 Å². The number of aromatic nitrogens is 2. The topological polar surface area (TPSA) is 76.0 Å². The first kappa shape index (κ1) is 13.8. The molecule has 6 nitrogen and oxygen atoms in total. The van der Waals surface area contributed by atoms with E-state index >= 15 is 0 Å². The van der Waals surface area contributed by atoms with E-state index in [9.17, 15) is 9.59 Å². The molecule has 0 atom stereocenters. The molecule has 2 amide bonds. The Bertz CT molecular complexity index is 592. The van der Waals surface area contributed by atoms with Gasteiger partial charge in [0.15, 0.2) is 0 Å². The number of hydrogen-bond acceptors (Lipinski definition) is 3. The Morgan fingerprint density at radius 3 is 2.20 bits per heavy atom. The minimum absolute atomic E-state index is 0.152. The highest BCUT2D eigenvalue weighted by Gasteiger charge is 2.07. The van der Waals surface area contributed by atoms with Crippen molar-refractivity contribution in [2.75, 3.05) is 13.1 Å². The molecule has 0 fully saturated rings. The summed E-state index contributed by atoms with van der Waals surface area (Å²) in [6, 6.07) is 8.94. The Morgan fingerprint density at radius 1 is 1.05 bits per heavy atom. The largest absolute Gasteiger partial charge is 0.350 e. The van der Waals surface area contributed by atoms with Crippen molar-refractivity contribution in [3.05, 3.63) is 53.9 Å². The van der Waals surface area contributed by atoms with Gasteiger partial charge in [-0.3, -0.25) is 14.3 Å². The first-order valence-corrected chi connectivity index (χ1v) is 6.27. The van der Waals surface area contributed by atoms with Gasteiger partial charge < -0.3 is 10.6 Å². The molecule has 1 heterocycles. The van der Waals surface area contributed by atoms with Gasteiger partial charge in [0.25, 0.3) is 11.8 Å². The lowest BCUT2D eigenvalue weighted by Gasteiger charge is -2.06. The second kappa shape index (κ2) is 6.51. The summed E-state index contributed by atoms with van der Waals surface area (Å²) in [6.07, 6.45) is 3.13. The number of carbonyl (C=O) groups is 2. The third-order valence-corrected chi connectivity index (χ3v) is 2.70. The van der Waals surface area contributed by atoms with Gasteiger partial charge in [0.05, 0.1) is 11.8 Å². The molecule has 0 aliphatic rings. The van der Waals surface area contributed by atoms with E-state index in [-0.39, 0.29) is 11.8 Å². The SMILES string of the molecule is Cn1cc(C(=O)NCCNC(=O)c2ccccc2)cn1. The molecule has 0 bridgehead atoms. The lowest BCUT2D eigenvalue weighted by molar-refractivity contribution is 0.0927. The molecule has 0 aliphatic heterocycles. The van der Waals surface area contributed by atoms with Crippen LogP contribution >= 0.6 is 0 Å². The van der Waals surface area contributed by atoms with Gasteiger partial charge in [0.2, 0.25) is 0 Å². The summed E-state index contributed by atoms with van der Waals surface area (Å²) in [5.41, 5.74) is 1.10. The zero-order valence-electron chi connectivity index (χ0n) is 11.2. The van der Waals surface area contributed by atoms with Gasteiger partial charge in [-0.05, 0) is 12.1 Å².